The Balaban J connectivity index is 1.98. The molecular weight excluding hydrogens is 262 g/mol. The molecule has 1 aromatic heterocycles. The lowest BCUT2D eigenvalue weighted by Crippen LogP contribution is -2.17. The number of nitrogens with one attached hydrogen (secondary N) is 2. The lowest BCUT2D eigenvalue weighted by molar-refractivity contribution is 1.06. The maximum absolute atomic E-state index is 12.6. The van der Waals surface area contributed by atoms with Crippen LogP contribution < -0.4 is 16.5 Å². The van der Waals surface area contributed by atoms with E-state index in [1.54, 1.807) is 0 Å². The summed E-state index contributed by atoms with van der Waals surface area (Å²) in [6.45, 7) is 2.36. The average molecular weight is 279 g/mol. The van der Waals surface area contributed by atoms with Gasteiger partial charge >= 0.3 is 0 Å². The summed E-state index contributed by atoms with van der Waals surface area (Å²) < 4.78 is 0. The monoisotopic (exact) mass is 279 g/mol. The van der Waals surface area contributed by atoms with Crippen molar-refractivity contribution in [3.63, 3.8) is 0 Å². The molecule has 0 aliphatic carbocycles. The van der Waals surface area contributed by atoms with Crippen molar-refractivity contribution in [1.82, 2.24) is 4.98 Å². The van der Waals surface area contributed by atoms with Gasteiger partial charge in [0.15, 0.2) is 5.43 Å². The summed E-state index contributed by atoms with van der Waals surface area (Å²) in [5.74, 6) is 0. The van der Waals surface area contributed by atoms with Gasteiger partial charge in [-0.2, -0.15) is 0 Å². The maximum atomic E-state index is 12.6. The van der Waals surface area contributed by atoms with E-state index < -0.39 is 0 Å². The quantitative estimate of drug-likeness (QED) is 0.645. The number of hydrogen-bond acceptors (Lipinski definition) is 3. The molecule has 1 heterocycles. The van der Waals surface area contributed by atoms with Gasteiger partial charge in [-0.3, -0.25) is 4.79 Å². The minimum absolute atomic E-state index is 0.0591. The molecule has 106 valence electrons. The van der Waals surface area contributed by atoms with Crippen molar-refractivity contribution in [1.29, 1.82) is 0 Å². The molecular formula is C17H17N3O. The van der Waals surface area contributed by atoms with Gasteiger partial charge in [0.1, 0.15) is 0 Å². The third kappa shape index (κ3) is 2.48. The third-order valence-corrected chi connectivity index (χ3v) is 3.64. The molecule has 0 bridgehead atoms. The number of aromatic nitrogens is 1. The van der Waals surface area contributed by atoms with E-state index in [-0.39, 0.29) is 5.43 Å². The van der Waals surface area contributed by atoms with E-state index in [1.165, 1.54) is 0 Å². The van der Waals surface area contributed by atoms with E-state index in [0.29, 0.717) is 17.6 Å². The molecule has 4 N–H and O–H groups in total. The van der Waals surface area contributed by atoms with Crippen LogP contribution in [0, 0.1) is 6.92 Å². The highest BCUT2D eigenvalue weighted by Gasteiger charge is 2.09. The summed E-state index contributed by atoms with van der Waals surface area (Å²) in [5.41, 5.74) is 9.95. The van der Waals surface area contributed by atoms with Crippen molar-refractivity contribution in [2.45, 2.75) is 13.5 Å². The van der Waals surface area contributed by atoms with E-state index in [4.69, 9.17) is 5.73 Å². The Bertz CT molecular complexity index is 852. The number of para-hydroxylation sites is 3. The maximum Gasteiger partial charge on any atom is 0.194 e. The Morgan fingerprint density at radius 1 is 1.10 bits per heavy atom. The Labute approximate surface area is 122 Å². The summed E-state index contributed by atoms with van der Waals surface area (Å²) in [6.07, 6.45) is 0. The second-order valence-corrected chi connectivity index (χ2v) is 5.04. The van der Waals surface area contributed by atoms with E-state index in [2.05, 4.69) is 10.3 Å². The lowest BCUT2D eigenvalue weighted by Gasteiger charge is -2.11. The molecule has 0 saturated heterocycles. The molecule has 2 aromatic carbocycles. The predicted octanol–water partition coefficient (Wildman–Crippen LogP) is 3.03. The normalized spacial score (nSPS) is 10.7. The van der Waals surface area contributed by atoms with Crippen molar-refractivity contribution < 1.29 is 0 Å². The van der Waals surface area contributed by atoms with Gasteiger partial charge in [-0.25, -0.2) is 0 Å². The van der Waals surface area contributed by atoms with Gasteiger partial charge in [-0.15, -0.1) is 0 Å². The van der Waals surface area contributed by atoms with E-state index in [1.807, 2.05) is 55.5 Å². The van der Waals surface area contributed by atoms with Crippen molar-refractivity contribution in [3.05, 3.63) is 70.0 Å². The van der Waals surface area contributed by atoms with Gasteiger partial charge in [-0.1, -0.05) is 24.3 Å². The molecule has 0 aliphatic rings. The zero-order valence-corrected chi connectivity index (χ0v) is 11.8. The first-order chi connectivity index (χ1) is 10.2. The molecule has 4 nitrogen and oxygen atoms in total. The number of aromatic amines is 1. The van der Waals surface area contributed by atoms with Gasteiger partial charge in [0, 0.05) is 28.7 Å². The Morgan fingerprint density at radius 3 is 2.62 bits per heavy atom. The fourth-order valence-corrected chi connectivity index (χ4v) is 2.45. The number of H-pyrrole nitrogens is 1. The minimum Gasteiger partial charge on any atom is -0.397 e. The second kappa shape index (κ2) is 5.32. The molecule has 0 amide bonds. The van der Waals surface area contributed by atoms with E-state index in [9.17, 15) is 4.79 Å². The number of hydrogen-bond donors (Lipinski definition) is 3. The molecule has 0 spiro atoms. The van der Waals surface area contributed by atoms with E-state index in [0.717, 1.165) is 22.5 Å². The van der Waals surface area contributed by atoms with Gasteiger partial charge < -0.3 is 16.0 Å². The summed E-state index contributed by atoms with van der Waals surface area (Å²) in [4.78, 5) is 15.8. The molecule has 0 saturated carbocycles. The highest BCUT2D eigenvalue weighted by Crippen LogP contribution is 2.18. The standard InChI is InChI=1S/C17H17N3O/c1-11-13(10-19-16-9-5-3-7-14(16)18)17(21)12-6-2-4-8-15(12)20-11/h2-9,19H,10,18H2,1H3,(H,20,21). The number of pyridine rings is 1. The second-order valence-electron chi connectivity index (χ2n) is 5.04. The van der Waals surface area contributed by atoms with Crippen LogP contribution in [-0.2, 0) is 6.54 Å². The van der Waals surface area contributed by atoms with Gasteiger partial charge in [0.2, 0.25) is 0 Å². The molecule has 3 aromatic rings. The number of nitrogens with two attached hydrogens (primary N) is 1. The van der Waals surface area contributed by atoms with E-state index >= 15 is 0 Å². The molecule has 0 atom stereocenters. The van der Waals surface area contributed by atoms with Crippen LogP contribution in [0.2, 0.25) is 0 Å². The Morgan fingerprint density at radius 2 is 1.81 bits per heavy atom. The van der Waals surface area contributed by atoms with Crippen molar-refractivity contribution in [2.24, 2.45) is 0 Å². The number of fused-ring (bicyclic) bond motifs is 1. The number of rotatable bonds is 3. The fourth-order valence-electron chi connectivity index (χ4n) is 2.45. The van der Waals surface area contributed by atoms with Crippen LogP contribution in [0.15, 0.2) is 53.3 Å². The summed E-state index contributed by atoms with van der Waals surface area (Å²) in [6, 6.07) is 15.1. The SMILES string of the molecule is Cc1[nH]c2ccccc2c(=O)c1CNc1ccccc1N. The van der Waals surface area contributed by atoms with Gasteiger partial charge in [0.25, 0.3) is 0 Å². The first kappa shape index (κ1) is 13.2. The highest BCUT2D eigenvalue weighted by atomic mass is 16.1. The summed E-state index contributed by atoms with van der Waals surface area (Å²) in [7, 11) is 0. The minimum atomic E-state index is 0.0591. The molecule has 21 heavy (non-hydrogen) atoms. The van der Waals surface area contributed by atoms with Crippen molar-refractivity contribution in [3.8, 4) is 0 Å². The van der Waals surface area contributed by atoms with Crippen LogP contribution in [0.3, 0.4) is 0 Å². The molecule has 0 aliphatic heterocycles. The number of anilines is 2. The number of aryl methyl sites for hydroxylation is 1. The molecule has 0 radical (unpaired) electrons. The smallest absolute Gasteiger partial charge is 0.194 e. The Kier molecular flexibility index (Phi) is 3.36. The number of benzene rings is 2. The third-order valence-electron chi connectivity index (χ3n) is 3.64. The summed E-state index contributed by atoms with van der Waals surface area (Å²) >= 11 is 0. The van der Waals surface area contributed by atoms with Crippen molar-refractivity contribution >= 4 is 22.3 Å². The van der Waals surface area contributed by atoms with Crippen LogP contribution in [0.25, 0.3) is 10.9 Å². The van der Waals surface area contributed by atoms with Crippen LogP contribution >= 0.6 is 0 Å². The molecule has 4 heteroatoms. The largest absolute Gasteiger partial charge is 0.397 e. The zero-order valence-electron chi connectivity index (χ0n) is 11.8. The highest BCUT2D eigenvalue weighted by molar-refractivity contribution is 5.79. The van der Waals surface area contributed by atoms with Crippen LogP contribution in [0.4, 0.5) is 11.4 Å². The van der Waals surface area contributed by atoms with Crippen LogP contribution in [0.1, 0.15) is 11.3 Å². The molecule has 0 fully saturated rings. The van der Waals surface area contributed by atoms with Crippen LogP contribution in [-0.4, -0.2) is 4.98 Å². The zero-order chi connectivity index (χ0) is 14.8. The van der Waals surface area contributed by atoms with Gasteiger partial charge in [0.05, 0.1) is 11.4 Å². The lowest BCUT2D eigenvalue weighted by atomic mass is 10.1. The average Bonchev–Trinajstić information content (AvgIpc) is 2.49. The first-order valence-electron chi connectivity index (χ1n) is 6.85. The van der Waals surface area contributed by atoms with Crippen LogP contribution in [0.5, 0.6) is 0 Å². The molecule has 3 rings (SSSR count). The predicted molar refractivity (Wildman–Crippen MR) is 87.5 cm³/mol. The molecule has 0 unspecified atom stereocenters. The Hall–Kier alpha value is -2.75. The fraction of sp³-hybridized carbons (Fsp3) is 0.118. The van der Waals surface area contributed by atoms with Crippen molar-refractivity contribution in [2.75, 3.05) is 11.1 Å². The number of nitrogen functional groups attached to an aromatic ring is 1. The van der Waals surface area contributed by atoms with Gasteiger partial charge in [-0.05, 0) is 31.2 Å². The first-order valence-corrected chi connectivity index (χ1v) is 6.85. The topological polar surface area (TPSA) is 70.9 Å². The summed E-state index contributed by atoms with van der Waals surface area (Å²) in [5, 5.41) is 3.94.